The zero-order valence-corrected chi connectivity index (χ0v) is 24.5. The van der Waals surface area contributed by atoms with Crippen molar-refractivity contribution in [3.63, 3.8) is 0 Å². The molecule has 1 unspecified atom stereocenters. The van der Waals surface area contributed by atoms with Gasteiger partial charge in [-0.2, -0.15) is 5.10 Å². The summed E-state index contributed by atoms with van der Waals surface area (Å²) in [4.78, 5) is 29.6. The van der Waals surface area contributed by atoms with Gasteiger partial charge in [0.2, 0.25) is 5.91 Å². The minimum absolute atomic E-state index is 0.0745. The number of unbranched alkanes of at least 4 members (excludes halogenated alkanes) is 2. The smallest absolute Gasteiger partial charge is 0.305 e. The van der Waals surface area contributed by atoms with Crippen LogP contribution in [0.25, 0.3) is 10.9 Å². The average molecular weight is 648 g/mol. The molecule has 38 heavy (non-hydrogen) atoms. The summed E-state index contributed by atoms with van der Waals surface area (Å²) in [6.07, 6.45) is 3.36. The zero-order valence-electron chi connectivity index (χ0n) is 21.6. The Bertz CT molecular complexity index is 1330. The Hall–Kier alpha value is -2.72. The van der Waals surface area contributed by atoms with Gasteiger partial charge in [0.1, 0.15) is 10.9 Å². The number of amides is 1. The van der Waals surface area contributed by atoms with Gasteiger partial charge in [-0.15, -0.1) is 0 Å². The molecule has 0 spiro atoms. The number of carbonyl (C=O) groups excluding carboxylic acids is 2. The molecule has 200 valence electrons. The first-order chi connectivity index (χ1) is 18.4. The van der Waals surface area contributed by atoms with Crippen molar-refractivity contribution in [3.8, 4) is 5.75 Å². The number of esters is 1. The second-order valence-corrected chi connectivity index (χ2v) is 10.6. The number of pyridine rings is 1. The van der Waals surface area contributed by atoms with Crippen LogP contribution < -0.4 is 4.74 Å². The molecule has 0 aliphatic carbocycles. The zero-order chi connectivity index (χ0) is 27.1. The normalized spacial score (nSPS) is 15.0. The summed E-state index contributed by atoms with van der Waals surface area (Å²) in [6.45, 7) is 4.68. The summed E-state index contributed by atoms with van der Waals surface area (Å²) in [7, 11) is 0. The fraction of sp³-hybridized carbons (Fsp3) is 0.379. The molecule has 0 fully saturated rings. The van der Waals surface area contributed by atoms with E-state index in [1.165, 1.54) is 0 Å². The Morgan fingerprint density at radius 1 is 1.03 bits per heavy atom. The molecule has 0 saturated heterocycles. The number of carbonyl (C=O) groups is 2. The van der Waals surface area contributed by atoms with Crippen LogP contribution in [0.1, 0.15) is 69.5 Å². The van der Waals surface area contributed by atoms with Crippen LogP contribution in [-0.2, 0) is 14.3 Å². The Morgan fingerprint density at radius 3 is 2.53 bits per heavy atom. The average Bonchev–Trinajstić information content (AvgIpc) is 3.34. The number of rotatable bonds is 11. The summed E-state index contributed by atoms with van der Waals surface area (Å²) in [5, 5.41) is 7.61. The van der Waals surface area contributed by atoms with Crippen LogP contribution in [0.5, 0.6) is 5.75 Å². The highest BCUT2D eigenvalue weighted by Gasteiger charge is 2.34. The highest BCUT2D eigenvalue weighted by Crippen LogP contribution is 2.38. The molecule has 4 rings (SSSR count). The third kappa shape index (κ3) is 7.02. The number of hydrogen-bond donors (Lipinski definition) is 0. The van der Waals surface area contributed by atoms with E-state index in [1.807, 2.05) is 55.5 Å². The Labute approximate surface area is 241 Å². The first-order valence-electron chi connectivity index (χ1n) is 12.9. The molecule has 7 nitrogen and oxygen atoms in total. The van der Waals surface area contributed by atoms with Crippen molar-refractivity contribution < 1.29 is 19.1 Å². The number of hydrazone groups is 1. The SMILES string of the molecule is CCOC(=O)CCCCCC(=O)N1N=C(c2ccc(I)cc2)CC1c1cc2ccc(OCC)cc2nc1Cl. The standard InChI is InChI=1S/C29H31ClIN3O4/c1-3-37-22-15-12-20-16-23(29(30)32-24(20)17-22)26-18-25(19-10-13-21(31)14-11-19)33-34(26)27(35)8-6-5-7-9-28(36)38-4-2/h10-17,26H,3-9,18H2,1-2H3. The molecule has 1 aliphatic rings. The van der Waals surface area contributed by atoms with E-state index in [0.29, 0.717) is 50.5 Å². The van der Waals surface area contributed by atoms with Gasteiger partial charge in [0.05, 0.1) is 30.5 Å². The van der Waals surface area contributed by atoms with E-state index >= 15 is 0 Å². The molecule has 0 saturated carbocycles. The van der Waals surface area contributed by atoms with Gasteiger partial charge in [0.25, 0.3) is 0 Å². The number of hydrogen-bond acceptors (Lipinski definition) is 6. The van der Waals surface area contributed by atoms with Crippen LogP contribution in [0.15, 0.2) is 53.6 Å². The van der Waals surface area contributed by atoms with Crippen molar-refractivity contribution >= 4 is 62.7 Å². The first kappa shape index (κ1) is 28.3. The Morgan fingerprint density at radius 2 is 1.79 bits per heavy atom. The van der Waals surface area contributed by atoms with Crippen molar-refractivity contribution in [3.05, 3.63) is 68.4 Å². The number of benzene rings is 2. The van der Waals surface area contributed by atoms with Crippen LogP contribution in [0.2, 0.25) is 5.15 Å². The van der Waals surface area contributed by atoms with E-state index in [1.54, 1.807) is 11.9 Å². The molecular weight excluding hydrogens is 617 g/mol. The van der Waals surface area contributed by atoms with Crippen molar-refractivity contribution in [2.75, 3.05) is 13.2 Å². The minimum atomic E-state index is -0.354. The molecule has 0 radical (unpaired) electrons. The summed E-state index contributed by atoms with van der Waals surface area (Å²) in [5.74, 6) is 0.466. The van der Waals surface area contributed by atoms with Gasteiger partial charge in [0.15, 0.2) is 0 Å². The van der Waals surface area contributed by atoms with E-state index in [9.17, 15) is 9.59 Å². The van der Waals surface area contributed by atoms with Gasteiger partial charge in [-0.05, 0) is 85.2 Å². The molecule has 2 heterocycles. The van der Waals surface area contributed by atoms with Crippen LogP contribution in [0.4, 0.5) is 0 Å². The molecule has 1 atom stereocenters. The van der Waals surface area contributed by atoms with Gasteiger partial charge in [-0.3, -0.25) is 9.59 Å². The summed E-state index contributed by atoms with van der Waals surface area (Å²) in [6, 6.07) is 15.5. The molecule has 0 bridgehead atoms. The van der Waals surface area contributed by atoms with Gasteiger partial charge in [0, 0.05) is 39.8 Å². The number of halogens is 2. The molecule has 1 amide bonds. The molecule has 0 N–H and O–H groups in total. The predicted molar refractivity (Wildman–Crippen MR) is 158 cm³/mol. The Balaban J connectivity index is 1.55. The van der Waals surface area contributed by atoms with Crippen LogP contribution in [-0.4, -0.2) is 40.8 Å². The molecule has 3 aromatic rings. The third-order valence-corrected chi connectivity index (χ3v) is 7.38. The first-order valence-corrected chi connectivity index (χ1v) is 14.4. The monoisotopic (exact) mass is 647 g/mol. The van der Waals surface area contributed by atoms with E-state index in [-0.39, 0.29) is 17.9 Å². The molecule has 2 aromatic carbocycles. The summed E-state index contributed by atoms with van der Waals surface area (Å²) < 4.78 is 11.7. The second kappa shape index (κ2) is 13.4. The maximum absolute atomic E-state index is 13.4. The van der Waals surface area contributed by atoms with Gasteiger partial charge >= 0.3 is 5.97 Å². The van der Waals surface area contributed by atoms with Crippen molar-refractivity contribution in [2.24, 2.45) is 5.10 Å². The van der Waals surface area contributed by atoms with E-state index < -0.39 is 0 Å². The minimum Gasteiger partial charge on any atom is -0.494 e. The topological polar surface area (TPSA) is 81.1 Å². The van der Waals surface area contributed by atoms with Gasteiger partial charge in [-0.1, -0.05) is 30.2 Å². The van der Waals surface area contributed by atoms with Crippen LogP contribution in [0, 0.1) is 3.57 Å². The highest BCUT2D eigenvalue weighted by atomic mass is 127. The van der Waals surface area contributed by atoms with Crippen molar-refractivity contribution in [2.45, 2.75) is 58.4 Å². The van der Waals surface area contributed by atoms with E-state index in [4.69, 9.17) is 26.2 Å². The van der Waals surface area contributed by atoms with E-state index in [0.717, 1.165) is 43.5 Å². The third-order valence-electron chi connectivity index (χ3n) is 6.36. The lowest BCUT2D eigenvalue weighted by atomic mass is 9.98. The number of fused-ring (bicyclic) bond motifs is 1. The lowest BCUT2D eigenvalue weighted by Gasteiger charge is -2.23. The maximum atomic E-state index is 13.4. The second-order valence-electron chi connectivity index (χ2n) is 9.03. The fourth-order valence-electron chi connectivity index (χ4n) is 4.50. The molecule has 9 heteroatoms. The van der Waals surface area contributed by atoms with Gasteiger partial charge < -0.3 is 9.47 Å². The van der Waals surface area contributed by atoms with Gasteiger partial charge in [-0.25, -0.2) is 9.99 Å². The lowest BCUT2D eigenvalue weighted by Crippen LogP contribution is -2.27. The predicted octanol–water partition coefficient (Wildman–Crippen LogP) is 7.08. The lowest BCUT2D eigenvalue weighted by molar-refractivity contribution is -0.143. The Kier molecular flexibility index (Phi) is 9.96. The van der Waals surface area contributed by atoms with Crippen LogP contribution in [0.3, 0.4) is 0 Å². The number of nitrogens with zero attached hydrogens (tertiary/aromatic N) is 3. The number of aromatic nitrogens is 1. The largest absolute Gasteiger partial charge is 0.494 e. The van der Waals surface area contributed by atoms with E-state index in [2.05, 4.69) is 27.6 Å². The maximum Gasteiger partial charge on any atom is 0.305 e. The molecular formula is C29H31ClIN3O4. The quantitative estimate of drug-likeness (QED) is 0.0962. The van der Waals surface area contributed by atoms with Crippen LogP contribution >= 0.6 is 34.2 Å². The fourth-order valence-corrected chi connectivity index (χ4v) is 5.13. The molecule has 1 aliphatic heterocycles. The number of ether oxygens (including phenoxy) is 2. The highest BCUT2D eigenvalue weighted by molar-refractivity contribution is 14.1. The van der Waals surface area contributed by atoms with Crippen molar-refractivity contribution in [1.29, 1.82) is 0 Å². The molecule has 1 aromatic heterocycles. The van der Waals surface area contributed by atoms with Crippen molar-refractivity contribution in [1.82, 2.24) is 9.99 Å². The summed E-state index contributed by atoms with van der Waals surface area (Å²) >= 11 is 8.98. The summed E-state index contributed by atoms with van der Waals surface area (Å²) in [5.41, 5.74) is 3.32.